The lowest BCUT2D eigenvalue weighted by atomic mass is 9.99. The Kier molecular flexibility index (Phi) is 9.45. The number of nitrogens with zero attached hydrogens (tertiary/aromatic N) is 1. The maximum absolute atomic E-state index is 13.4. The molecule has 0 saturated carbocycles. The van der Waals surface area contributed by atoms with E-state index in [2.05, 4.69) is 18.8 Å². The fraction of sp³-hybridized carbons (Fsp3) is 0.469. The number of rotatable bonds is 12. The summed E-state index contributed by atoms with van der Waals surface area (Å²) in [6.07, 6.45) is 24.6. The maximum Gasteiger partial charge on any atom is 0.419 e. The van der Waals surface area contributed by atoms with Crippen molar-refractivity contribution in [3.8, 4) is 24.7 Å². The first-order chi connectivity index (χ1) is 16.9. The van der Waals surface area contributed by atoms with Crippen molar-refractivity contribution < 1.29 is 9.53 Å². The van der Waals surface area contributed by atoms with Gasteiger partial charge in [-0.2, -0.15) is 0 Å². The van der Waals surface area contributed by atoms with Gasteiger partial charge in [0.25, 0.3) is 0 Å². The van der Waals surface area contributed by atoms with Crippen molar-refractivity contribution in [2.75, 3.05) is 0 Å². The number of ether oxygens (including phenoxy) is 1. The molecule has 0 fully saturated rings. The molecule has 35 heavy (non-hydrogen) atoms. The summed E-state index contributed by atoms with van der Waals surface area (Å²) in [5, 5.41) is 1.80. The molecule has 1 heterocycles. The van der Waals surface area contributed by atoms with E-state index >= 15 is 0 Å². The highest BCUT2D eigenvalue weighted by molar-refractivity contribution is 6.13. The van der Waals surface area contributed by atoms with Crippen molar-refractivity contribution in [1.29, 1.82) is 0 Å². The van der Waals surface area contributed by atoms with E-state index in [4.69, 9.17) is 17.6 Å². The smallest absolute Gasteiger partial charge is 0.419 e. The van der Waals surface area contributed by atoms with Gasteiger partial charge in [0.05, 0.1) is 11.0 Å². The molecule has 1 aromatic heterocycles. The fourth-order valence-corrected chi connectivity index (χ4v) is 4.77. The first kappa shape index (κ1) is 26.4. The number of unbranched alkanes of at least 4 members (excludes halogenated alkanes) is 9. The van der Waals surface area contributed by atoms with Gasteiger partial charge in [-0.1, -0.05) is 76.6 Å². The van der Waals surface area contributed by atoms with E-state index in [0.717, 1.165) is 45.8 Å². The van der Waals surface area contributed by atoms with Crippen LogP contribution in [0.25, 0.3) is 21.8 Å². The molecule has 3 rings (SSSR count). The molecule has 3 aromatic rings. The predicted octanol–water partition coefficient (Wildman–Crippen LogP) is 8.83. The van der Waals surface area contributed by atoms with E-state index in [9.17, 15) is 4.79 Å². The van der Waals surface area contributed by atoms with Crippen LogP contribution < -0.4 is 0 Å². The van der Waals surface area contributed by atoms with Gasteiger partial charge in [-0.3, -0.25) is 0 Å². The first-order valence-corrected chi connectivity index (χ1v) is 13.1. The number of terminal acetylenes is 2. The second-order valence-electron chi connectivity index (χ2n) is 10.1. The highest BCUT2D eigenvalue weighted by Crippen LogP contribution is 2.32. The second-order valence-corrected chi connectivity index (χ2v) is 10.1. The van der Waals surface area contributed by atoms with Gasteiger partial charge in [-0.05, 0) is 63.1 Å². The van der Waals surface area contributed by atoms with Crippen LogP contribution in [-0.4, -0.2) is 16.3 Å². The van der Waals surface area contributed by atoms with Crippen LogP contribution in [-0.2, 0) is 4.74 Å². The highest BCUT2D eigenvalue weighted by Gasteiger charge is 2.26. The Labute approximate surface area is 211 Å². The van der Waals surface area contributed by atoms with Gasteiger partial charge in [0.2, 0.25) is 0 Å². The number of carbonyl (C=O) groups excluding carboxylic acids is 1. The molecule has 0 bridgehead atoms. The molecule has 0 aliphatic heterocycles. The Bertz CT molecular complexity index is 1160. The summed E-state index contributed by atoms with van der Waals surface area (Å²) >= 11 is 0. The van der Waals surface area contributed by atoms with Crippen molar-refractivity contribution in [3.63, 3.8) is 0 Å². The van der Waals surface area contributed by atoms with Gasteiger partial charge in [0.15, 0.2) is 0 Å². The van der Waals surface area contributed by atoms with Gasteiger partial charge in [0, 0.05) is 21.9 Å². The molecule has 0 aliphatic rings. The molecular formula is C32H39NO2. The number of hydrogen-bond donors (Lipinski definition) is 0. The summed E-state index contributed by atoms with van der Waals surface area (Å²) < 4.78 is 7.68. The molecule has 2 aromatic carbocycles. The quantitative estimate of drug-likeness (QED) is 0.196. The molecule has 0 radical (unpaired) electrons. The topological polar surface area (TPSA) is 31.2 Å². The lowest BCUT2D eigenvalue weighted by molar-refractivity contribution is 0.0329. The number of aromatic nitrogens is 1. The second kappa shape index (κ2) is 12.5. The maximum atomic E-state index is 13.4. The van der Waals surface area contributed by atoms with Crippen LogP contribution in [0, 0.1) is 24.7 Å². The molecule has 0 spiro atoms. The van der Waals surface area contributed by atoms with Crippen LogP contribution >= 0.6 is 0 Å². The average molecular weight is 470 g/mol. The van der Waals surface area contributed by atoms with Gasteiger partial charge in [-0.25, -0.2) is 9.36 Å². The van der Waals surface area contributed by atoms with Crippen molar-refractivity contribution >= 4 is 27.9 Å². The Morgan fingerprint density at radius 3 is 1.71 bits per heavy atom. The van der Waals surface area contributed by atoms with Crippen molar-refractivity contribution in [2.45, 2.75) is 97.0 Å². The molecule has 0 N–H and O–H groups in total. The van der Waals surface area contributed by atoms with E-state index in [1.54, 1.807) is 4.57 Å². The minimum Gasteiger partial charge on any atom is -0.443 e. The molecule has 184 valence electrons. The first-order valence-electron chi connectivity index (χ1n) is 13.1. The van der Waals surface area contributed by atoms with Gasteiger partial charge in [-0.15, -0.1) is 12.8 Å². The van der Waals surface area contributed by atoms with Crippen LogP contribution in [0.4, 0.5) is 4.79 Å². The van der Waals surface area contributed by atoms with Crippen LogP contribution in [0.1, 0.15) is 103 Å². The summed E-state index contributed by atoms with van der Waals surface area (Å²) in [5.74, 6) is 5.35. The SMILES string of the molecule is C#Cc1ccc2c(c1)c1cc(C#C)ccc1n2C(=O)OC(C)(C)CCCCCCCCCCCC. The Balaban J connectivity index is 1.63. The van der Waals surface area contributed by atoms with Gasteiger partial charge < -0.3 is 4.74 Å². The van der Waals surface area contributed by atoms with E-state index in [-0.39, 0.29) is 6.09 Å². The van der Waals surface area contributed by atoms with E-state index in [0.29, 0.717) is 0 Å². The van der Waals surface area contributed by atoms with Gasteiger partial charge in [0.1, 0.15) is 5.60 Å². The largest absolute Gasteiger partial charge is 0.443 e. The minimum atomic E-state index is -0.544. The van der Waals surface area contributed by atoms with E-state index in [1.807, 2.05) is 50.2 Å². The average Bonchev–Trinajstić information content (AvgIpc) is 3.17. The molecule has 0 saturated heterocycles. The monoisotopic (exact) mass is 469 g/mol. The van der Waals surface area contributed by atoms with Crippen molar-refractivity contribution in [3.05, 3.63) is 47.5 Å². The molecule has 0 amide bonds. The summed E-state index contributed by atoms with van der Waals surface area (Å²) in [7, 11) is 0. The van der Waals surface area contributed by atoms with E-state index < -0.39 is 5.60 Å². The lowest BCUT2D eigenvalue weighted by Crippen LogP contribution is -2.30. The third-order valence-electron chi connectivity index (χ3n) is 6.78. The molecule has 3 nitrogen and oxygen atoms in total. The number of benzene rings is 2. The lowest BCUT2D eigenvalue weighted by Gasteiger charge is -2.25. The van der Waals surface area contributed by atoms with Crippen LogP contribution in [0.2, 0.25) is 0 Å². The third-order valence-corrected chi connectivity index (χ3v) is 6.78. The summed E-state index contributed by atoms with van der Waals surface area (Å²) in [5.41, 5.74) is 2.52. The number of fused-ring (bicyclic) bond motifs is 3. The van der Waals surface area contributed by atoms with Crippen LogP contribution in [0.5, 0.6) is 0 Å². The number of hydrogen-bond acceptors (Lipinski definition) is 2. The molecule has 0 aliphatic carbocycles. The predicted molar refractivity (Wildman–Crippen MR) is 148 cm³/mol. The highest BCUT2D eigenvalue weighted by atomic mass is 16.6. The Morgan fingerprint density at radius 1 is 0.800 bits per heavy atom. The summed E-state index contributed by atoms with van der Waals surface area (Å²) in [4.78, 5) is 13.4. The third kappa shape index (κ3) is 6.93. The Morgan fingerprint density at radius 2 is 1.26 bits per heavy atom. The zero-order valence-electron chi connectivity index (χ0n) is 21.7. The molecule has 0 atom stereocenters. The van der Waals surface area contributed by atoms with Crippen LogP contribution in [0.15, 0.2) is 36.4 Å². The fourth-order valence-electron chi connectivity index (χ4n) is 4.77. The Hall–Kier alpha value is -3.17. The summed E-state index contributed by atoms with van der Waals surface area (Å²) in [6, 6.07) is 11.3. The summed E-state index contributed by atoms with van der Waals surface area (Å²) in [6.45, 7) is 6.26. The molecular weight excluding hydrogens is 430 g/mol. The number of carbonyl (C=O) groups is 1. The molecule has 0 unspecified atom stereocenters. The normalized spacial score (nSPS) is 11.5. The molecule has 3 heteroatoms. The van der Waals surface area contributed by atoms with Crippen molar-refractivity contribution in [1.82, 2.24) is 4.57 Å². The standard InChI is InChI=1S/C32H39NO2/c1-6-9-10-11-12-13-14-15-16-17-22-32(4,5)35-31(34)33-29-20-18-25(7-2)23-27(29)28-24-26(8-3)19-21-30(28)33/h2-3,18-21,23-24H,6,9-17,22H2,1,4-5H3. The zero-order chi connectivity index (χ0) is 25.3. The van der Waals surface area contributed by atoms with Gasteiger partial charge >= 0.3 is 6.09 Å². The zero-order valence-corrected chi connectivity index (χ0v) is 21.7. The minimum absolute atomic E-state index is 0.371. The van der Waals surface area contributed by atoms with Crippen molar-refractivity contribution in [2.24, 2.45) is 0 Å². The van der Waals surface area contributed by atoms with E-state index in [1.165, 1.54) is 57.8 Å². The van der Waals surface area contributed by atoms with Crippen LogP contribution in [0.3, 0.4) is 0 Å².